The van der Waals surface area contributed by atoms with Crippen molar-refractivity contribution in [3.63, 3.8) is 0 Å². The Kier molecular flexibility index (Phi) is 5.22. The van der Waals surface area contributed by atoms with Gasteiger partial charge in [0.2, 0.25) is 5.95 Å². The molecule has 0 aliphatic carbocycles. The molecule has 152 valence electrons. The van der Waals surface area contributed by atoms with E-state index in [1.807, 2.05) is 20.2 Å². The van der Waals surface area contributed by atoms with Crippen molar-refractivity contribution in [3.05, 3.63) is 35.5 Å². The third-order valence-electron chi connectivity index (χ3n) is 4.96. The van der Waals surface area contributed by atoms with E-state index in [1.165, 1.54) is 0 Å². The Labute approximate surface area is 168 Å². The van der Waals surface area contributed by atoms with Crippen LogP contribution in [0.2, 0.25) is 0 Å². The van der Waals surface area contributed by atoms with Crippen LogP contribution in [0.4, 0.5) is 17.5 Å². The van der Waals surface area contributed by atoms with Gasteiger partial charge in [-0.2, -0.15) is 9.97 Å². The summed E-state index contributed by atoms with van der Waals surface area (Å²) in [5.74, 6) is 1.67. The minimum absolute atomic E-state index is 0.0323. The summed E-state index contributed by atoms with van der Waals surface area (Å²) in [5, 5.41) is 7.26. The van der Waals surface area contributed by atoms with Gasteiger partial charge in [-0.1, -0.05) is 0 Å². The number of aromatic amines is 1. The van der Waals surface area contributed by atoms with Crippen LogP contribution in [-0.2, 0) is 4.74 Å². The number of H-pyrrole nitrogens is 1. The molecule has 0 bridgehead atoms. The molecule has 1 saturated heterocycles. The molecule has 3 N–H and O–H groups in total. The van der Waals surface area contributed by atoms with E-state index in [0.29, 0.717) is 49.3 Å². The summed E-state index contributed by atoms with van der Waals surface area (Å²) < 4.78 is 10.8. The van der Waals surface area contributed by atoms with Crippen molar-refractivity contribution in [2.24, 2.45) is 0 Å². The molecule has 3 aromatic rings. The average Bonchev–Trinajstić information content (AvgIpc) is 3.14. The highest BCUT2D eigenvalue weighted by molar-refractivity contribution is 5.96. The second-order valence-electron chi connectivity index (χ2n) is 6.79. The number of hydrogen-bond donors (Lipinski definition) is 3. The number of amides is 1. The van der Waals surface area contributed by atoms with Gasteiger partial charge in [0, 0.05) is 31.9 Å². The number of nitrogens with zero attached hydrogens (tertiary/aromatic N) is 3. The van der Waals surface area contributed by atoms with Gasteiger partial charge < -0.3 is 30.0 Å². The SMILES string of the molecule is CNc1nc(Nc2ccc(C(=O)N3CCOCC3)cc2OC)nc2[nH]cc(C)c12. The van der Waals surface area contributed by atoms with Crippen LogP contribution in [-0.4, -0.2) is 66.2 Å². The molecule has 0 radical (unpaired) electrons. The molecular weight excluding hydrogens is 372 g/mol. The zero-order valence-electron chi connectivity index (χ0n) is 16.7. The number of methoxy groups -OCH3 is 1. The molecule has 0 spiro atoms. The highest BCUT2D eigenvalue weighted by atomic mass is 16.5. The summed E-state index contributed by atoms with van der Waals surface area (Å²) in [5.41, 5.74) is 3.05. The van der Waals surface area contributed by atoms with Gasteiger partial charge in [-0.05, 0) is 30.7 Å². The van der Waals surface area contributed by atoms with E-state index in [-0.39, 0.29) is 5.91 Å². The monoisotopic (exact) mass is 396 g/mol. The fourth-order valence-electron chi connectivity index (χ4n) is 3.42. The van der Waals surface area contributed by atoms with Crippen molar-refractivity contribution >= 4 is 34.4 Å². The molecule has 9 heteroatoms. The maximum absolute atomic E-state index is 12.7. The lowest BCUT2D eigenvalue weighted by Crippen LogP contribution is -2.40. The van der Waals surface area contributed by atoms with Gasteiger partial charge in [-0.15, -0.1) is 0 Å². The molecule has 1 fully saturated rings. The van der Waals surface area contributed by atoms with E-state index in [0.717, 1.165) is 22.4 Å². The molecule has 1 aliphatic rings. The molecule has 1 amide bonds. The zero-order chi connectivity index (χ0) is 20.4. The number of carbonyl (C=O) groups is 1. The van der Waals surface area contributed by atoms with E-state index in [2.05, 4.69) is 25.6 Å². The van der Waals surface area contributed by atoms with Crippen LogP contribution in [0.3, 0.4) is 0 Å². The van der Waals surface area contributed by atoms with Gasteiger partial charge in [0.15, 0.2) is 0 Å². The van der Waals surface area contributed by atoms with Crippen LogP contribution in [0.15, 0.2) is 24.4 Å². The lowest BCUT2D eigenvalue weighted by Gasteiger charge is -2.27. The van der Waals surface area contributed by atoms with Gasteiger partial charge in [0.05, 0.1) is 31.4 Å². The lowest BCUT2D eigenvalue weighted by molar-refractivity contribution is 0.0302. The molecule has 3 heterocycles. The van der Waals surface area contributed by atoms with Gasteiger partial charge in [0.1, 0.15) is 17.2 Å². The van der Waals surface area contributed by atoms with Gasteiger partial charge in [-0.25, -0.2) is 0 Å². The minimum atomic E-state index is -0.0323. The number of ether oxygens (including phenoxy) is 2. The van der Waals surface area contributed by atoms with Crippen molar-refractivity contribution in [1.29, 1.82) is 0 Å². The number of rotatable bonds is 5. The Bertz CT molecular complexity index is 1040. The van der Waals surface area contributed by atoms with Crippen molar-refractivity contribution in [2.75, 3.05) is 51.1 Å². The summed E-state index contributed by atoms with van der Waals surface area (Å²) in [6, 6.07) is 5.31. The van der Waals surface area contributed by atoms with Crippen molar-refractivity contribution in [1.82, 2.24) is 19.9 Å². The topological polar surface area (TPSA) is 104 Å². The first-order valence-corrected chi connectivity index (χ1v) is 9.46. The molecule has 1 aliphatic heterocycles. The van der Waals surface area contributed by atoms with E-state index in [1.54, 1.807) is 30.2 Å². The molecule has 9 nitrogen and oxygen atoms in total. The smallest absolute Gasteiger partial charge is 0.254 e. The number of aromatic nitrogens is 3. The van der Waals surface area contributed by atoms with E-state index >= 15 is 0 Å². The highest BCUT2D eigenvalue weighted by Gasteiger charge is 2.20. The number of fused-ring (bicyclic) bond motifs is 1. The standard InChI is InChI=1S/C20H24N6O3/c1-12-11-22-18-16(12)17(21-2)24-20(25-18)23-14-5-4-13(10-15(14)28-3)19(27)26-6-8-29-9-7-26/h4-5,10-11H,6-9H2,1-3H3,(H3,21,22,23,24,25). The van der Waals surface area contributed by atoms with Crippen molar-refractivity contribution < 1.29 is 14.3 Å². The summed E-state index contributed by atoms with van der Waals surface area (Å²) in [6.45, 7) is 4.32. The number of anilines is 3. The summed E-state index contributed by atoms with van der Waals surface area (Å²) in [4.78, 5) is 26.8. The Morgan fingerprint density at radius 3 is 2.79 bits per heavy atom. The fraction of sp³-hybridized carbons (Fsp3) is 0.350. The van der Waals surface area contributed by atoms with E-state index < -0.39 is 0 Å². The minimum Gasteiger partial charge on any atom is -0.495 e. The molecule has 4 rings (SSSR count). The Balaban J connectivity index is 1.62. The average molecular weight is 396 g/mol. The van der Waals surface area contributed by atoms with Crippen molar-refractivity contribution in [2.45, 2.75) is 6.92 Å². The molecule has 29 heavy (non-hydrogen) atoms. The second kappa shape index (κ2) is 7.96. The Morgan fingerprint density at radius 2 is 2.07 bits per heavy atom. The maximum Gasteiger partial charge on any atom is 0.254 e. The Hall–Kier alpha value is -3.33. The Morgan fingerprint density at radius 1 is 1.28 bits per heavy atom. The van der Waals surface area contributed by atoms with E-state index in [4.69, 9.17) is 9.47 Å². The number of hydrogen-bond acceptors (Lipinski definition) is 7. The second-order valence-corrected chi connectivity index (χ2v) is 6.79. The number of carbonyl (C=O) groups excluding carboxylic acids is 1. The summed E-state index contributed by atoms with van der Waals surface area (Å²) in [7, 11) is 3.39. The third kappa shape index (κ3) is 3.68. The molecule has 0 saturated carbocycles. The predicted octanol–water partition coefficient (Wildman–Crippen LogP) is 2.53. The number of morpholine rings is 1. The number of nitrogens with one attached hydrogen (secondary N) is 3. The maximum atomic E-state index is 12.7. The molecule has 2 aromatic heterocycles. The predicted molar refractivity (Wildman–Crippen MR) is 111 cm³/mol. The molecule has 0 unspecified atom stereocenters. The van der Waals surface area contributed by atoms with Crippen LogP contribution >= 0.6 is 0 Å². The first-order chi connectivity index (χ1) is 14.1. The van der Waals surface area contributed by atoms with Crippen LogP contribution in [0, 0.1) is 6.92 Å². The third-order valence-corrected chi connectivity index (χ3v) is 4.96. The first kappa shape index (κ1) is 19.0. The molecular formula is C20H24N6O3. The first-order valence-electron chi connectivity index (χ1n) is 9.46. The molecule has 1 aromatic carbocycles. The van der Waals surface area contributed by atoms with Crippen LogP contribution < -0.4 is 15.4 Å². The normalized spacial score (nSPS) is 14.1. The van der Waals surface area contributed by atoms with Crippen LogP contribution in [0.25, 0.3) is 11.0 Å². The largest absolute Gasteiger partial charge is 0.495 e. The van der Waals surface area contributed by atoms with Gasteiger partial charge >= 0.3 is 0 Å². The quantitative estimate of drug-likeness (QED) is 0.609. The lowest BCUT2D eigenvalue weighted by atomic mass is 10.1. The van der Waals surface area contributed by atoms with Crippen LogP contribution in [0.5, 0.6) is 5.75 Å². The number of aryl methyl sites for hydroxylation is 1. The fourth-order valence-corrected chi connectivity index (χ4v) is 3.42. The van der Waals surface area contributed by atoms with E-state index in [9.17, 15) is 4.79 Å². The van der Waals surface area contributed by atoms with Crippen molar-refractivity contribution in [3.8, 4) is 5.75 Å². The summed E-state index contributed by atoms with van der Waals surface area (Å²) in [6.07, 6.45) is 1.90. The van der Waals surface area contributed by atoms with Crippen LogP contribution in [0.1, 0.15) is 15.9 Å². The van der Waals surface area contributed by atoms with Gasteiger partial charge in [0.25, 0.3) is 5.91 Å². The highest BCUT2D eigenvalue weighted by Crippen LogP contribution is 2.30. The van der Waals surface area contributed by atoms with Gasteiger partial charge in [-0.3, -0.25) is 4.79 Å². The molecule has 0 atom stereocenters. The zero-order valence-corrected chi connectivity index (χ0v) is 16.7. The summed E-state index contributed by atoms with van der Waals surface area (Å²) >= 11 is 0. The number of benzene rings is 1.